The highest BCUT2D eigenvalue weighted by molar-refractivity contribution is 5.40. The van der Waals surface area contributed by atoms with Crippen LogP contribution >= 0.6 is 0 Å². The van der Waals surface area contributed by atoms with Gasteiger partial charge in [0.25, 0.3) is 5.60 Å². The lowest BCUT2D eigenvalue weighted by atomic mass is 9.62. The number of fused-ring (bicyclic) bond motifs is 1. The van der Waals surface area contributed by atoms with E-state index in [-0.39, 0.29) is 36.2 Å². The molecule has 0 unspecified atom stereocenters. The number of aliphatic hydroxyl groups excluding tert-OH is 2. The molecule has 0 radical (unpaired) electrons. The molecule has 3 N–H and O–H groups in total. The summed E-state index contributed by atoms with van der Waals surface area (Å²) in [6, 6.07) is 0. The predicted molar refractivity (Wildman–Crippen MR) is 125 cm³/mol. The lowest BCUT2D eigenvalue weighted by Crippen LogP contribution is -2.55. The van der Waals surface area contributed by atoms with Gasteiger partial charge in [0, 0.05) is 6.42 Å². The number of hydrogen-bond donors (Lipinski definition) is 3. The largest absolute Gasteiger partial charge is 0.429 e. The van der Waals surface area contributed by atoms with Crippen LogP contribution in [0.3, 0.4) is 0 Å². The molecule has 5 atom stereocenters. The van der Waals surface area contributed by atoms with Crippen LogP contribution in [0.15, 0.2) is 59.3 Å². The minimum atomic E-state index is -5.87. The molecule has 0 aromatic rings. The molecule has 0 aliphatic heterocycles. The average molecular weight is 521 g/mol. The zero-order chi connectivity index (χ0) is 27.1. The van der Waals surface area contributed by atoms with Crippen molar-refractivity contribution < 1.29 is 41.7 Å². The molecule has 0 aromatic heterocycles. The van der Waals surface area contributed by atoms with Gasteiger partial charge in [-0.2, -0.15) is 26.3 Å². The van der Waals surface area contributed by atoms with Gasteiger partial charge in [-0.25, -0.2) is 0 Å². The molecule has 2 saturated carbocycles. The van der Waals surface area contributed by atoms with Crippen LogP contribution < -0.4 is 0 Å². The summed E-state index contributed by atoms with van der Waals surface area (Å²) < 4.78 is 77.7. The quantitative estimate of drug-likeness (QED) is 0.287. The van der Waals surface area contributed by atoms with E-state index in [1.165, 1.54) is 5.57 Å². The first-order valence-electron chi connectivity index (χ1n) is 12.2. The number of rotatable bonds is 5. The van der Waals surface area contributed by atoms with Crippen LogP contribution in [0.2, 0.25) is 0 Å². The van der Waals surface area contributed by atoms with E-state index in [1.807, 2.05) is 18.2 Å². The summed E-state index contributed by atoms with van der Waals surface area (Å²) >= 11 is 0. The van der Waals surface area contributed by atoms with Crippen LogP contribution in [-0.2, 0) is 0 Å². The first-order chi connectivity index (χ1) is 16.5. The summed E-state index contributed by atoms with van der Waals surface area (Å²) in [6.07, 6.45) is -2.69. The fourth-order valence-corrected chi connectivity index (χ4v) is 6.00. The molecule has 0 amide bonds. The third-order valence-electron chi connectivity index (χ3n) is 8.12. The molecular weight excluding hydrogens is 486 g/mol. The van der Waals surface area contributed by atoms with Crippen molar-refractivity contribution in [2.75, 3.05) is 0 Å². The van der Waals surface area contributed by atoms with Gasteiger partial charge in [-0.05, 0) is 73.0 Å². The Labute approximate surface area is 207 Å². The molecule has 3 aliphatic rings. The Morgan fingerprint density at radius 2 is 1.78 bits per heavy atom. The van der Waals surface area contributed by atoms with E-state index in [4.69, 9.17) is 0 Å². The van der Waals surface area contributed by atoms with Crippen molar-refractivity contribution in [2.45, 2.75) is 89.0 Å². The Hall–Kier alpha value is -1.84. The first-order valence-corrected chi connectivity index (χ1v) is 12.2. The maximum Gasteiger partial charge on any atom is 0.429 e. The first kappa shape index (κ1) is 28.7. The SMILES string of the molecule is C=C1/C(=C\C=C2/CCC[C@]3(C)C([C@@H](C)C/C=C/C(O)(C(F)(F)F)C(F)(F)F)=CC[C@@H]23)C[C@@H](O)C[C@@H]1O. The monoisotopic (exact) mass is 520 g/mol. The molecule has 0 saturated heterocycles. The summed E-state index contributed by atoms with van der Waals surface area (Å²) in [7, 11) is 0. The van der Waals surface area contributed by atoms with E-state index in [0.717, 1.165) is 42.9 Å². The van der Waals surface area contributed by atoms with E-state index in [0.29, 0.717) is 12.0 Å². The Morgan fingerprint density at radius 1 is 1.14 bits per heavy atom. The fraction of sp³-hybridized carbons (Fsp3) is 0.630. The second-order valence-corrected chi connectivity index (χ2v) is 10.6. The smallest absolute Gasteiger partial charge is 0.393 e. The summed E-state index contributed by atoms with van der Waals surface area (Å²) in [5.41, 5.74) is -1.56. The van der Waals surface area contributed by atoms with Gasteiger partial charge in [-0.15, -0.1) is 0 Å². The number of allylic oxidation sites excluding steroid dienone is 6. The van der Waals surface area contributed by atoms with Gasteiger partial charge in [0.1, 0.15) is 0 Å². The molecular formula is C27H34F6O3. The molecule has 0 heterocycles. The van der Waals surface area contributed by atoms with Crippen LogP contribution in [0.25, 0.3) is 0 Å². The Kier molecular flexibility index (Phi) is 8.09. The lowest BCUT2D eigenvalue weighted by molar-refractivity contribution is -0.347. The van der Waals surface area contributed by atoms with Crippen LogP contribution in [-0.4, -0.2) is 45.5 Å². The molecule has 0 bridgehead atoms. The highest BCUT2D eigenvalue weighted by atomic mass is 19.4. The molecule has 9 heteroatoms. The molecule has 36 heavy (non-hydrogen) atoms. The molecule has 3 aliphatic carbocycles. The maximum absolute atomic E-state index is 12.9. The van der Waals surface area contributed by atoms with Crippen molar-refractivity contribution in [1.29, 1.82) is 0 Å². The number of hydrogen-bond acceptors (Lipinski definition) is 3. The zero-order valence-corrected chi connectivity index (χ0v) is 20.5. The third-order valence-corrected chi connectivity index (χ3v) is 8.12. The van der Waals surface area contributed by atoms with Crippen molar-refractivity contribution in [3.63, 3.8) is 0 Å². The molecule has 3 nitrogen and oxygen atoms in total. The average Bonchev–Trinajstić information content (AvgIpc) is 3.11. The summed E-state index contributed by atoms with van der Waals surface area (Å²) in [4.78, 5) is 0. The minimum absolute atomic E-state index is 0.0681. The molecule has 3 rings (SSSR count). The van der Waals surface area contributed by atoms with Crippen LogP contribution in [0, 0.1) is 17.3 Å². The van der Waals surface area contributed by atoms with Crippen LogP contribution in [0.5, 0.6) is 0 Å². The molecule has 0 aromatic carbocycles. The molecule has 202 valence electrons. The zero-order valence-electron chi connectivity index (χ0n) is 20.5. The second kappa shape index (κ2) is 10.1. The second-order valence-electron chi connectivity index (χ2n) is 10.6. The van der Waals surface area contributed by atoms with E-state index in [2.05, 4.69) is 13.5 Å². The van der Waals surface area contributed by atoms with Gasteiger partial charge in [-0.1, -0.05) is 55.9 Å². The van der Waals surface area contributed by atoms with Crippen molar-refractivity contribution >= 4 is 0 Å². The third kappa shape index (κ3) is 5.38. The Bertz CT molecular complexity index is 957. The Balaban J connectivity index is 1.76. The normalized spacial score (nSPS) is 33.4. The molecule has 0 spiro atoms. The van der Waals surface area contributed by atoms with Crippen molar-refractivity contribution in [3.05, 3.63) is 59.3 Å². The van der Waals surface area contributed by atoms with Gasteiger partial charge in [0.15, 0.2) is 0 Å². The van der Waals surface area contributed by atoms with E-state index < -0.39 is 30.2 Å². The number of aliphatic hydroxyl groups is 3. The topological polar surface area (TPSA) is 60.7 Å². The maximum atomic E-state index is 12.9. The van der Waals surface area contributed by atoms with Gasteiger partial charge < -0.3 is 15.3 Å². The summed E-state index contributed by atoms with van der Waals surface area (Å²) in [6.45, 7) is 7.80. The standard InChI is InChI=1S/C27H34F6O3/c1-16(6-4-13-25(36,26(28,29)30)27(31,32)33)21-10-11-22-18(7-5-12-24(21,22)3)8-9-19-14-20(34)15-23(35)17(19)2/h4,8-10,13,16,20,22-23,34-36H,2,5-7,11-12,14-15H2,1,3H3/b13-4+,18-8+,19-9-/t16-,20+,22-,23-,24+/m0/s1. The van der Waals surface area contributed by atoms with Crippen molar-refractivity contribution in [2.24, 2.45) is 17.3 Å². The fourth-order valence-electron chi connectivity index (χ4n) is 6.00. The highest BCUT2D eigenvalue weighted by Gasteiger charge is 2.68. The number of halogens is 6. The van der Waals surface area contributed by atoms with E-state index >= 15 is 0 Å². The van der Waals surface area contributed by atoms with Gasteiger partial charge in [-0.3, -0.25) is 0 Å². The van der Waals surface area contributed by atoms with Gasteiger partial charge in [0.2, 0.25) is 0 Å². The van der Waals surface area contributed by atoms with Crippen LogP contribution in [0.4, 0.5) is 26.3 Å². The van der Waals surface area contributed by atoms with Gasteiger partial charge in [0.05, 0.1) is 12.2 Å². The van der Waals surface area contributed by atoms with E-state index in [1.54, 1.807) is 6.92 Å². The number of alkyl halides is 6. The van der Waals surface area contributed by atoms with E-state index in [9.17, 15) is 41.7 Å². The van der Waals surface area contributed by atoms with Crippen molar-refractivity contribution in [3.8, 4) is 0 Å². The lowest BCUT2D eigenvalue weighted by Gasteiger charge is -2.42. The Morgan fingerprint density at radius 3 is 2.39 bits per heavy atom. The predicted octanol–water partition coefficient (Wildman–Crippen LogP) is 6.49. The van der Waals surface area contributed by atoms with Gasteiger partial charge >= 0.3 is 12.4 Å². The minimum Gasteiger partial charge on any atom is -0.393 e. The highest BCUT2D eigenvalue weighted by Crippen LogP contribution is 2.57. The van der Waals surface area contributed by atoms with Crippen molar-refractivity contribution in [1.82, 2.24) is 0 Å². The molecule has 2 fully saturated rings. The summed E-state index contributed by atoms with van der Waals surface area (Å²) in [5.74, 6) is -0.151. The summed E-state index contributed by atoms with van der Waals surface area (Å²) in [5, 5.41) is 29.4. The van der Waals surface area contributed by atoms with Crippen LogP contribution in [0.1, 0.15) is 58.8 Å².